The summed E-state index contributed by atoms with van der Waals surface area (Å²) in [6.45, 7) is 2.49. The first-order valence-corrected chi connectivity index (χ1v) is 8.23. The molecule has 7 nitrogen and oxygen atoms in total. The van der Waals surface area contributed by atoms with Crippen LogP contribution in [0.1, 0.15) is 5.69 Å². The maximum atomic E-state index is 11.6. The highest BCUT2D eigenvalue weighted by Gasteiger charge is 2.09. The molecular formula is C19H21ClN4O3. The van der Waals surface area contributed by atoms with Crippen LogP contribution in [0, 0.1) is 6.92 Å². The fraction of sp³-hybridized carbons (Fsp3) is 0.211. The van der Waals surface area contributed by atoms with Crippen LogP contribution in [0.3, 0.4) is 0 Å². The minimum atomic E-state index is -0.251. The largest absolute Gasteiger partial charge is 0.508 e. The zero-order valence-corrected chi connectivity index (χ0v) is 15.6. The molecule has 8 heteroatoms. The Morgan fingerprint density at radius 3 is 2.67 bits per heavy atom. The number of hydrogen-bond acceptors (Lipinski definition) is 6. The molecule has 3 rings (SSSR count). The number of phenols is 1. The van der Waals surface area contributed by atoms with Crippen LogP contribution in [0.2, 0.25) is 0 Å². The summed E-state index contributed by atoms with van der Waals surface area (Å²) < 4.78 is 5.47. The molecule has 0 spiro atoms. The van der Waals surface area contributed by atoms with Gasteiger partial charge in [0.1, 0.15) is 5.75 Å². The van der Waals surface area contributed by atoms with Crippen molar-refractivity contribution in [3.05, 3.63) is 48.2 Å². The van der Waals surface area contributed by atoms with E-state index in [9.17, 15) is 9.90 Å². The quantitative estimate of drug-likeness (QED) is 0.597. The van der Waals surface area contributed by atoms with E-state index in [1.807, 2.05) is 31.2 Å². The van der Waals surface area contributed by atoms with Gasteiger partial charge in [-0.2, -0.15) is 4.98 Å². The number of aromatic hydroxyl groups is 1. The monoisotopic (exact) mass is 388 g/mol. The van der Waals surface area contributed by atoms with Gasteiger partial charge in [0.25, 0.3) is 5.91 Å². The fourth-order valence-electron chi connectivity index (χ4n) is 2.52. The predicted molar refractivity (Wildman–Crippen MR) is 106 cm³/mol. The van der Waals surface area contributed by atoms with Gasteiger partial charge >= 0.3 is 0 Å². The number of nitrogens with two attached hydrogens (primary N) is 1. The normalized spacial score (nSPS) is 10.3. The van der Waals surface area contributed by atoms with Crippen molar-refractivity contribution in [2.45, 2.75) is 6.92 Å². The summed E-state index contributed by atoms with van der Waals surface area (Å²) in [6, 6.07) is 12.6. The predicted octanol–water partition coefficient (Wildman–Crippen LogP) is 2.19. The lowest BCUT2D eigenvalue weighted by Gasteiger charge is -2.09. The average Bonchev–Trinajstić information content (AvgIpc) is 2.63. The van der Waals surface area contributed by atoms with E-state index in [4.69, 9.17) is 10.5 Å². The number of aromatic nitrogens is 2. The van der Waals surface area contributed by atoms with Crippen LogP contribution in [-0.4, -0.2) is 40.7 Å². The number of benzene rings is 2. The van der Waals surface area contributed by atoms with E-state index in [1.54, 1.807) is 18.2 Å². The molecule has 0 fully saturated rings. The lowest BCUT2D eigenvalue weighted by Crippen LogP contribution is -2.33. The molecule has 1 aromatic heterocycles. The first-order chi connectivity index (χ1) is 12.5. The molecule has 27 heavy (non-hydrogen) atoms. The number of halogens is 1. The molecule has 2 aromatic carbocycles. The summed E-state index contributed by atoms with van der Waals surface area (Å²) in [7, 11) is 0. The molecule has 0 radical (unpaired) electrons. The van der Waals surface area contributed by atoms with Gasteiger partial charge in [0, 0.05) is 30.4 Å². The van der Waals surface area contributed by atoms with Gasteiger partial charge < -0.3 is 20.9 Å². The summed E-state index contributed by atoms with van der Waals surface area (Å²) in [6.07, 6.45) is 0. The van der Waals surface area contributed by atoms with Crippen molar-refractivity contribution in [3.8, 4) is 23.0 Å². The van der Waals surface area contributed by atoms with Gasteiger partial charge in [-0.3, -0.25) is 4.79 Å². The standard InChI is InChI=1S/C19H20N4O3.ClH/c1-12-8-18(26-11-17(25)21-7-6-20)23-19(22-12)15-3-2-14-10-16(24)5-4-13(14)9-15;/h2-5,8-10,24H,6-7,11,20H2,1H3,(H,21,25);1H. The number of aryl methyl sites for hydroxylation is 1. The molecular weight excluding hydrogens is 368 g/mol. The van der Waals surface area contributed by atoms with Crippen LogP contribution in [0.5, 0.6) is 11.6 Å². The highest BCUT2D eigenvalue weighted by atomic mass is 35.5. The average molecular weight is 389 g/mol. The molecule has 0 aliphatic rings. The van der Waals surface area contributed by atoms with Gasteiger partial charge in [-0.1, -0.05) is 18.2 Å². The summed E-state index contributed by atoms with van der Waals surface area (Å²) in [5, 5.41) is 14.1. The van der Waals surface area contributed by atoms with Gasteiger partial charge in [0.15, 0.2) is 12.4 Å². The molecule has 4 N–H and O–H groups in total. The van der Waals surface area contributed by atoms with Gasteiger partial charge in [-0.15, -0.1) is 12.4 Å². The molecule has 0 aliphatic heterocycles. The highest BCUT2D eigenvalue weighted by molar-refractivity contribution is 5.87. The number of nitrogens with one attached hydrogen (secondary N) is 1. The number of rotatable bonds is 6. The molecule has 0 unspecified atom stereocenters. The van der Waals surface area contributed by atoms with E-state index in [1.165, 1.54) is 0 Å². The Hall–Kier alpha value is -2.90. The number of fused-ring (bicyclic) bond motifs is 1. The number of carbonyl (C=O) groups excluding carboxylic acids is 1. The van der Waals surface area contributed by atoms with Crippen molar-refractivity contribution in [3.63, 3.8) is 0 Å². The van der Waals surface area contributed by atoms with E-state index < -0.39 is 0 Å². The summed E-state index contributed by atoms with van der Waals surface area (Å²) >= 11 is 0. The summed E-state index contributed by atoms with van der Waals surface area (Å²) in [4.78, 5) is 20.5. The Labute approximate surface area is 163 Å². The molecule has 0 aliphatic carbocycles. The van der Waals surface area contributed by atoms with Crippen LogP contribution in [0.25, 0.3) is 22.2 Å². The molecule has 0 atom stereocenters. The highest BCUT2D eigenvalue weighted by Crippen LogP contribution is 2.26. The molecule has 1 heterocycles. The van der Waals surface area contributed by atoms with Crippen LogP contribution in [0.4, 0.5) is 0 Å². The topological polar surface area (TPSA) is 110 Å². The van der Waals surface area contributed by atoms with Crippen molar-refractivity contribution in [1.82, 2.24) is 15.3 Å². The Morgan fingerprint density at radius 1 is 1.15 bits per heavy atom. The minimum absolute atomic E-state index is 0. The second kappa shape index (κ2) is 9.16. The van der Waals surface area contributed by atoms with Crippen molar-refractivity contribution in [1.29, 1.82) is 0 Å². The zero-order valence-electron chi connectivity index (χ0n) is 14.8. The third-order valence-corrected chi connectivity index (χ3v) is 3.73. The number of phenolic OH excluding ortho intramolecular Hbond substituents is 1. The van der Waals surface area contributed by atoms with Crippen molar-refractivity contribution >= 4 is 29.1 Å². The Kier molecular flexibility index (Phi) is 6.92. The van der Waals surface area contributed by atoms with Gasteiger partial charge in [-0.05, 0) is 35.9 Å². The molecule has 0 saturated carbocycles. The lowest BCUT2D eigenvalue weighted by molar-refractivity contribution is -0.123. The second-order valence-corrected chi connectivity index (χ2v) is 5.84. The first kappa shape index (κ1) is 20.4. The fourth-order valence-corrected chi connectivity index (χ4v) is 2.52. The third-order valence-electron chi connectivity index (χ3n) is 3.73. The van der Waals surface area contributed by atoms with Crippen molar-refractivity contribution < 1.29 is 14.6 Å². The summed E-state index contributed by atoms with van der Waals surface area (Å²) in [5.74, 6) is 0.818. The van der Waals surface area contributed by atoms with E-state index in [2.05, 4.69) is 15.3 Å². The maximum absolute atomic E-state index is 11.6. The van der Waals surface area contributed by atoms with Crippen LogP contribution in [0.15, 0.2) is 42.5 Å². The van der Waals surface area contributed by atoms with Crippen LogP contribution in [-0.2, 0) is 4.79 Å². The van der Waals surface area contributed by atoms with Gasteiger partial charge in [0.2, 0.25) is 5.88 Å². The van der Waals surface area contributed by atoms with E-state index >= 15 is 0 Å². The Bertz CT molecular complexity index is 949. The lowest BCUT2D eigenvalue weighted by atomic mass is 10.1. The number of carbonyl (C=O) groups is 1. The van der Waals surface area contributed by atoms with E-state index in [0.29, 0.717) is 24.8 Å². The van der Waals surface area contributed by atoms with Crippen LogP contribution < -0.4 is 15.8 Å². The molecule has 0 saturated heterocycles. The molecule has 142 valence electrons. The summed E-state index contributed by atoms with van der Waals surface area (Å²) in [5.41, 5.74) is 6.90. The Morgan fingerprint density at radius 2 is 1.89 bits per heavy atom. The van der Waals surface area contributed by atoms with Crippen molar-refractivity contribution in [2.75, 3.05) is 19.7 Å². The second-order valence-electron chi connectivity index (χ2n) is 5.84. The van der Waals surface area contributed by atoms with E-state index in [0.717, 1.165) is 22.0 Å². The Balaban J connectivity index is 0.00000261. The van der Waals surface area contributed by atoms with Gasteiger partial charge in [0.05, 0.1) is 0 Å². The number of ether oxygens (including phenoxy) is 1. The zero-order chi connectivity index (χ0) is 18.5. The molecule has 3 aromatic rings. The molecule has 0 bridgehead atoms. The number of nitrogens with zero attached hydrogens (tertiary/aromatic N) is 2. The maximum Gasteiger partial charge on any atom is 0.258 e. The van der Waals surface area contributed by atoms with Crippen molar-refractivity contribution in [2.24, 2.45) is 5.73 Å². The van der Waals surface area contributed by atoms with Gasteiger partial charge in [-0.25, -0.2) is 4.98 Å². The van der Waals surface area contributed by atoms with E-state index in [-0.39, 0.29) is 30.7 Å². The molecule has 1 amide bonds. The van der Waals surface area contributed by atoms with Crippen LogP contribution >= 0.6 is 12.4 Å². The third kappa shape index (κ3) is 5.29. The number of hydrogen-bond donors (Lipinski definition) is 3. The number of amides is 1. The first-order valence-electron chi connectivity index (χ1n) is 8.23. The SMILES string of the molecule is Cc1cc(OCC(=O)NCCN)nc(-c2ccc3cc(O)ccc3c2)n1.Cl. The minimum Gasteiger partial charge on any atom is -0.508 e. The smallest absolute Gasteiger partial charge is 0.258 e.